The van der Waals surface area contributed by atoms with Crippen LogP contribution in [0.2, 0.25) is 0 Å². The maximum Gasteiger partial charge on any atom is 0.229 e. The molecule has 2 aromatic heterocycles. The summed E-state index contributed by atoms with van der Waals surface area (Å²) in [5.74, 6) is 3.95. The second-order valence-electron chi connectivity index (χ2n) is 7.88. The van der Waals surface area contributed by atoms with Gasteiger partial charge in [-0.25, -0.2) is 0 Å². The number of hydrazone groups is 1. The van der Waals surface area contributed by atoms with Gasteiger partial charge in [-0.3, -0.25) is 5.43 Å². The number of anilines is 3. The van der Waals surface area contributed by atoms with E-state index in [0.717, 1.165) is 53.7 Å². The molecule has 2 aliphatic heterocycles. The molecule has 2 aliphatic rings. The minimum atomic E-state index is 0.680. The Balaban J connectivity index is 1.32. The van der Waals surface area contributed by atoms with Crippen LogP contribution in [-0.2, 0) is 0 Å². The van der Waals surface area contributed by atoms with E-state index in [1.165, 1.54) is 25.7 Å². The predicted octanol–water partition coefficient (Wildman–Crippen LogP) is 5.15. The van der Waals surface area contributed by atoms with Crippen LogP contribution in [0.3, 0.4) is 0 Å². The van der Waals surface area contributed by atoms with Crippen LogP contribution in [0.1, 0.15) is 31.4 Å². The molecular weight excluding hydrogens is 456 g/mol. The van der Waals surface area contributed by atoms with Crippen molar-refractivity contribution in [1.29, 1.82) is 0 Å². The molecule has 8 heteroatoms. The molecule has 1 N–H and O–H groups in total. The second kappa shape index (κ2) is 9.09. The Kier molecular flexibility index (Phi) is 5.88. The number of hydrogen-bond acceptors (Lipinski definition) is 7. The largest absolute Gasteiger partial charge is 0.455 e. The quantitative estimate of drug-likeness (QED) is 0.388. The summed E-state index contributed by atoms with van der Waals surface area (Å²) in [6.45, 7) is 4.11. The van der Waals surface area contributed by atoms with E-state index in [-0.39, 0.29) is 0 Å². The van der Waals surface area contributed by atoms with Crippen LogP contribution in [0.15, 0.2) is 56.5 Å². The Hall–Kier alpha value is -2.87. The van der Waals surface area contributed by atoms with Crippen LogP contribution in [0, 0.1) is 0 Å². The van der Waals surface area contributed by atoms with Crippen molar-refractivity contribution in [2.45, 2.75) is 25.7 Å². The summed E-state index contributed by atoms with van der Waals surface area (Å²) in [5.41, 5.74) is 4.10. The highest BCUT2D eigenvalue weighted by Gasteiger charge is 2.20. The van der Waals surface area contributed by atoms with Gasteiger partial charge in [0, 0.05) is 42.3 Å². The van der Waals surface area contributed by atoms with Gasteiger partial charge < -0.3 is 14.2 Å². The molecule has 0 unspecified atom stereocenters. The van der Waals surface area contributed by atoms with Crippen LogP contribution in [-0.4, -0.2) is 42.4 Å². The molecule has 0 aliphatic carbocycles. The Morgan fingerprint density at radius 3 is 2.35 bits per heavy atom. The van der Waals surface area contributed by atoms with Crippen molar-refractivity contribution in [2.24, 2.45) is 5.10 Å². The molecule has 5 rings (SSSR count). The van der Waals surface area contributed by atoms with Gasteiger partial charge in [-0.1, -0.05) is 28.1 Å². The number of aromatic nitrogens is 2. The molecule has 2 saturated heterocycles. The molecule has 3 aromatic rings. The van der Waals surface area contributed by atoms with Crippen molar-refractivity contribution < 1.29 is 4.42 Å². The molecular formula is C23H25BrN6O. The zero-order valence-electron chi connectivity index (χ0n) is 17.3. The number of furan rings is 1. The number of halogens is 1. The summed E-state index contributed by atoms with van der Waals surface area (Å²) in [6.07, 6.45) is 6.48. The van der Waals surface area contributed by atoms with Crippen molar-refractivity contribution in [3.8, 4) is 11.3 Å². The van der Waals surface area contributed by atoms with Gasteiger partial charge in [0.15, 0.2) is 5.82 Å². The van der Waals surface area contributed by atoms with Crippen molar-refractivity contribution in [2.75, 3.05) is 41.4 Å². The van der Waals surface area contributed by atoms with Crippen LogP contribution in [0.5, 0.6) is 0 Å². The summed E-state index contributed by atoms with van der Waals surface area (Å²) < 4.78 is 6.95. The molecule has 1 aromatic carbocycles. The number of nitrogens with one attached hydrogen (secondary N) is 1. The molecule has 0 amide bonds. The number of benzene rings is 1. The van der Waals surface area contributed by atoms with E-state index < -0.39 is 0 Å². The lowest BCUT2D eigenvalue weighted by Crippen LogP contribution is -2.24. The van der Waals surface area contributed by atoms with Crippen molar-refractivity contribution in [3.63, 3.8) is 0 Å². The lowest BCUT2D eigenvalue weighted by Gasteiger charge is -2.21. The standard InChI is InChI=1S/C23H25BrN6O/c24-18-7-5-17(6-8-18)20-10-9-19(31-20)16-25-28-21-15-22(29-11-1-2-12-29)27-23(26-21)30-13-3-4-14-30/h5-10,15-16H,1-4,11-14H2,(H,26,27,28). The molecule has 2 fully saturated rings. The van der Waals surface area contributed by atoms with Gasteiger partial charge in [0.05, 0.1) is 6.21 Å². The first-order valence-corrected chi connectivity index (χ1v) is 11.6. The van der Waals surface area contributed by atoms with E-state index in [9.17, 15) is 0 Å². The summed E-state index contributed by atoms with van der Waals surface area (Å²) in [6, 6.07) is 13.9. The smallest absolute Gasteiger partial charge is 0.229 e. The second-order valence-corrected chi connectivity index (χ2v) is 8.79. The summed E-state index contributed by atoms with van der Waals surface area (Å²) >= 11 is 3.46. The normalized spacial score (nSPS) is 16.5. The van der Waals surface area contributed by atoms with Crippen LogP contribution >= 0.6 is 15.9 Å². The van der Waals surface area contributed by atoms with Crippen LogP contribution in [0.4, 0.5) is 17.6 Å². The predicted molar refractivity (Wildman–Crippen MR) is 128 cm³/mol. The molecule has 0 spiro atoms. The number of hydrogen-bond donors (Lipinski definition) is 1. The van der Waals surface area contributed by atoms with Gasteiger partial charge in [0.25, 0.3) is 0 Å². The van der Waals surface area contributed by atoms with Gasteiger partial charge in [-0.2, -0.15) is 15.1 Å². The summed E-state index contributed by atoms with van der Waals surface area (Å²) in [7, 11) is 0. The number of nitrogens with zero attached hydrogens (tertiary/aromatic N) is 5. The molecule has 0 radical (unpaired) electrons. The Morgan fingerprint density at radius 1 is 0.903 bits per heavy atom. The van der Waals surface area contributed by atoms with E-state index >= 15 is 0 Å². The van der Waals surface area contributed by atoms with Crippen molar-refractivity contribution >= 4 is 39.7 Å². The molecule has 0 bridgehead atoms. The van der Waals surface area contributed by atoms with Gasteiger partial charge in [0.2, 0.25) is 5.95 Å². The molecule has 160 valence electrons. The monoisotopic (exact) mass is 480 g/mol. The van der Waals surface area contributed by atoms with Gasteiger partial charge in [-0.15, -0.1) is 0 Å². The average Bonchev–Trinajstić information content (AvgIpc) is 3.57. The SMILES string of the molecule is Brc1ccc(-c2ccc(C=NNc3cc(N4CCCC4)nc(N4CCCC4)n3)o2)cc1. The topological polar surface area (TPSA) is 69.8 Å². The van der Waals surface area contributed by atoms with Gasteiger partial charge in [0.1, 0.15) is 17.3 Å². The third kappa shape index (κ3) is 4.74. The molecule has 0 atom stereocenters. The fraction of sp³-hybridized carbons (Fsp3) is 0.348. The Labute approximate surface area is 190 Å². The first-order valence-electron chi connectivity index (χ1n) is 10.8. The van der Waals surface area contributed by atoms with E-state index in [2.05, 4.69) is 36.3 Å². The maximum atomic E-state index is 5.90. The Morgan fingerprint density at radius 2 is 1.61 bits per heavy atom. The third-order valence-electron chi connectivity index (χ3n) is 5.65. The van der Waals surface area contributed by atoms with Gasteiger partial charge in [-0.05, 0) is 49.9 Å². The Bertz CT molecular complexity index is 1020. The van der Waals surface area contributed by atoms with E-state index in [0.29, 0.717) is 11.6 Å². The van der Waals surface area contributed by atoms with Crippen LogP contribution in [0.25, 0.3) is 11.3 Å². The highest BCUT2D eigenvalue weighted by atomic mass is 79.9. The molecule has 0 saturated carbocycles. The minimum Gasteiger partial charge on any atom is -0.455 e. The summed E-state index contributed by atoms with van der Waals surface area (Å²) in [4.78, 5) is 14.1. The lowest BCUT2D eigenvalue weighted by molar-refractivity contribution is 0.575. The first kappa shape index (κ1) is 20.1. The molecule has 31 heavy (non-hydrogen) atoms. The fourth-order valence-electron chi connectivity index (χ4n) is 4.00. The summed E-state index contributed by atoms with van der Waals surface area (Å²) in [5, 5.41) is 4.36. The van der Waals surface area contributed by atoms with E-state index in [4.69, 9.17) is 14.4 Å². The van der Waals surface area contributed by atoms with Crippen molar-refractivity contribution in [1.82, 2.24) is 9.97 Å². The molecule has 7 nitrogen and oxygen atoms in total. The number of rotatable bonds is 6. The minimum absolute atomic E-state index is 0.680. The van der Waals surface area contributed by atoms with Crippen molar-refractivity contribution in [3.05, 3.63) is 52.7 Å². The van der Waals surface area contributed by atoms with Gasteiger partial charge >= 0.3 is 0 Å². The first-order chi connectivity index (χ1) is 15.2. The zero-order chi connectivity index (χ0) is 21.0. The third-order valence-corrected chi connectivity index (χ3v) is 6.17. The van der Waals surface area contributed by atoms with E-state index in [1.54, 1.807) is 6.21 Å². The average molecular weight is 481 g/mol. The highest BCUT2D eigenvalue weighted by molar-refractivity contribution is 9.10. The maximum absolute atomic E-state index is 5.90. The fourth-order valence-corrected chi connectivity index (χ4v) is 4.26. The van der Waals surface area contributed by atoms with E-state index in [1.807, 2.05) is 42.5 Å². The highest BCUT2D eigenvalue weighted by Crippen LogP contribution is 2.26. The zero-order valence-corrected chi connectivity index (χ0v) is 18.9. The van der Waals surface area contributed by atoms with Crippen LogP contribution < -0.4 is 15.2 Å². The molecule has 4 heterocycles. The lowest BCUT2D eigenvalue weighted by atomic mass is 10.2.